The minimum absolute atomic E-state index is 0.00673. The number of carbonyl (C=O) groups excluding carboxylic acids is 2. The largest absolute Gasteiger partial charge is 0.366 e. The summed E-state index contributed by atoms with van der Waals surface area (Å²) in [6.45, 7) is 6.97. The molecule has 1 aromatic rings. The summed E-state index contributed by atoms with van der Waals surface area (Å²) in [7, 11) is 0. The van der Waals surface area contributed by atoms with Gasteiger partial charge in [-0.3, -0.25) is 9.59 Å². The van der Waals surface area contributed by atoms with Gasteiger partial charge >= 0.3 is 0 Å². The molecule has 0 saturated heterocycles. The van der Waals surface area contributed by atoms with Crippen LogP contribution in [0, 0.1) is 18.2 Å². The number of nitrogens with one attached hydrogen (secondary N) is 1. The molecule has 0 radical (unpaired) electrons. The van der Waals surface area contributed by atoms with E-state index in [9.17, 15) is 14.0 Å². The van der Waals surface area contributed by atoms with E-state index in [-0.39, 0.29) is 16.8 Å². The van der Waals surface area contributed by atoms with Gasteiger partial charge in [0.2, 0.25) is 11.8 Å². The van der Waals surface area contributed by atoms with E-state index in [0.29, 0.717) is 0 Å². The molecular formula is C14H20FN3O2. The molecule has 1 atom stereocenters. The number of primary amides is 1. The number of amides is 2. The van der Waals surface area contributed by atoms with Gasteiger partial charge in [-0.1, -0.05) is 20.8 Å². The third-order valence-electron chi connectivity index (χ3n) is 3.10. The Hall–Kier alpha value is -1.95. The zero-order chi connectivity index (χ0) is 15.7. The fourth-order valence-corrected chi connectivity index (χ4v) is 1.55. The van der Waals surface area contributed by atoms with Gasteiger partial charge in [0.1, 0.15) is 5.82 Å². The van der Waals surface area contributed by atoms with Gasteiger partial charge in [-0.05, 0) is 24.5 Å². The van der Waals surface area contributed by atoms with E-state index in [0.717, 1.165) is 6.07 Å². The van der Waals surface area contributed by atoms with Gasteiger partial charge in [0.25, 0.3) is 0 Å². The van der Waals surface area contributed by atoms with Crippen molar-refractivity contribution in [3.05, 3.63) is 29.1 Å². The lowest BCUT2D eigenvalue weighted by Gasteiger charge is -2.26. The molecule has 0 spiro atoms. The molecule has 6 heteroatoms. The van der Waals surface area contributed by atoms with Crippen LogP contribution in [0.1, 0.15) is 36.7 Å². The Morgan fingerprint density at radius 1 is 1.30 bits per heavy atom. The van der Waals surface area contributed by atoms with E-state index in [1.54, 1.807) is 0 Å². The molecule has 5 N–H and O–H groups in total. The van der Waals surface area contributed by atoms with E-state index in [1.165, 1.54) is 13.0 Å². The smallest absolute Gasteiger partial charge is 0.248 e. The molecule has 0 bridgehead atoms. The second-order valence-corrected chi connectivity index (χ2v) is 5.83. The quantitative estimate of drug-likeness (QED) is 0.783. The second-order valence-electron chi connectivity index (χ2n) is 5.83. The maximum Gasteiger partial charge on any atom is 0.248 e. The summed E-state index contributed by atoms with van der Waals surface area (Å²) in [5, 5.41) is 2.54. The van der Waals surface area contributed by atoms with Crippen LogP contribution in [-0.4, -0.2) is 17.9 Å². The number of hydrogen-bond acceptors (Lipinski definition) is 3. The summed E-state index contributed by atoms with van der Waals surface area (Å²) < 4.78 is 13.7. The molecule has 2 amide bonds. The number of anilines is 1. The maximum absolute atomic E-state index is 13.7. The third-order valence-corrected chi connectivity index (χ3v) is 3.10. The van der Waals surface area contributed by atoms with E-state index in [1.807, 2.05) is 20.8 Å². The first-order valence-electron chi connectivity index (χ1n) is 6.20. The van der Waals surface area contributed by atoms with Crippen molar-refractivity contribution in [1.29, 1.82) is 0 Å². The van der Waals surface area contributed by atoms with Gasteiger partial charge in [0.15, 0.2) is 0 Å². The van der Waals surface area contributed by atoms with Crippen molar-refractivity contribution in [2.45, 2.75) is 33.7 Å². The number of hydrogen-bond donors (Lipinski definition) is 3. The van der Waals surface area contributed by atoms with Gasteiger partial charge < -0.3 is 16.8 Å². The highest BCUT2D eigenvalue weighted by atomic mass is 19.1. The Morgan fingerprint density at radius 2 is 1.85 bits per heavy atom. The molecule has 0 fully saturated rings. The fraction of sp³-hybridized carbons (Fsp3) is 0.429. The minimum atomic E-state index is -0.764. The van der Waals surface area contributed by atoms with Crippen LogP contribution in [0.3, 0.4) is 0 Å². The lowest BCUT2D eigenvalue weighted by Crippen LogP contribution is -2.45. The molecule has 0 heterocycles. The van der Waals surface area contributed by atoms with Crippen LogP contribution in [0.2, 0.25) is 0 Å². The number of carbonyl (C=O) groups is 2. The molecule has 0 saturated carbocycles. The lowest BCUT2D eigenvalue weighted by atomic mass is 9.87. The Labute approximate surface area is 117 Å². The normalized spacial score (nSPS) is 12.9. The number of halogens is 1. The molecule has 0 aliphatic heterocycles. The predicted octanol–water partition coefficient (Wildman–Crippen LogP) is 1.54. The Morgan fingerprint density at radius 3 is 2.30 bits per heavy atom. The summed E-state index contributed by atoms with van der Waals surface area (Å²) in [4.78, 5) is 23.1. The van der Waals surface area contributed by atoms with E-state index < -0.39 is 29.1 Å². The average Bonchev–Trinajstić information content (AvgIpc) is 2.32. The van der Waals surface area contributed by atoms with Crippen molar-refractivity contribution in [3.8, 4) is 0 Å². The molecule has 5 nitrogen and oxygen atoms in total. The average molecular weight is 281 g/mol. The van der Waals surface area contributed by atoms with E-state index >= 15 is 0 Å². The van der Waals surface area contributed by atoms with Crippen molar-refractivity contribution < 1.29 is 14.0 Å². The van der Waals surface area contributed by atoms with Crippen molar-refractivity contribution >= 4 is 17.5 Å². The van der Waals surface area contributed by atoms with Crippen LogP contribution in [0.5, 0.6) is 0 Å². The van der Waals surface area contributed by atoms with E-state index in [2.05, 4.69) is 5.32 Å². The van der Waals surface area contributed by atoms with Crippen LogP contribution in [0.4, 0.5) is 10.1 Å². The molecule has 0 aromatic heterocycles. The van der Waals surface area contributed by atoms with Crippen LogP contribution in [0.15, 0.2) is 12.1 Å². The lowest BCUT2D eigenvalue weighted by molar-refractivity contribution is -0.119. The fourth-order valence-electron chi connectivity index (χ4n) is 1.55. The maximum atomic E-state index is 13.7. The molecular weight excluding hydrogens is 261 g/mol. The van der Waals surface area contributed by atoms with Crippen LogP contribution in [-0.2, 0) is 4.79 Å². The van der Waals surface area contributed by atoms with Crippen LogP contribution >= 0.6 is 0 Å². The first kappa shape index (κ1) is 16.1. The summed E-state index contributed by atoms with van der Waals surface area (Å²) >= 11 is 0. The molecule has 20 heavy (non-hydrogen) atoms. The van der Waals surface area contributed by atoms with E-state index in [4.69, 9.17) is 11.5 Å². The summed E-state index contributed by atoms with van der Waals surface area (Å²) in [6.07, 6.45) is 0. The van der Waals surface area contributed by atoms with Gasteiger partial charge in [-0.15, -0.1) is 0 Å². The van der Waals surface area contributed by atoms with Gasteiger partial charge in [0, 0.05) is 16.8 Å². The summed E-state index contributed by atoms with van der Waals surface area (Å²) in [5.41, 5.74) is 10.9. The third kappa shape index (κ3) is 3.54. The first-order valence-corrected chi connectivity index (χ1v) is 6.20. The molecule has 1 aromatic carbocycles. The molecule has 110 valence electrons. The SMILES string of the molecule is Cc1c(F)cc(C(N)=O)cc1NC(=O)C(N)C(C)(C)C. The van der Waals surface area contributed by atoms with Crippen molar-refractivity contribution in [2.24, 2.45) is 16.9 Å². The number of rotatable bonds is 3. The first-order chi connectivity index (χ1) is 9.04. The molecule has 0 aliphatic rings. The highest BCUT2D eigenvalue weighted by Gasteiger charge is 2.28. The second kappa shape index (κ2) is 5.58. The monoisotopic (exact) mass is 281 g/mol. The van der Waals surface area contributed by atoms with Crippen molar-refractivity contribution in [3.63, 3.8) is 0 Å². The van der Waals surface area contributed by atoms with Gasteiger partial charge in [-0.25, -0.2) is 4.39 Å². The number of nitrogens with two attached hydrogens (primary N) is 2. The van der Waals surface area contributed by atoms with Gasteiger partial charge in [-0.2, -0.15) is 0 Å². The molecule has 1 rings (SSSR count). The molecule has 0 aliphatic carbocycles. The highest BCUT2D eigenvalue weighted by Crippen LogP contribution is 2.23. The zero-order valence-electron chi connectivity index (χ0n) is 12.1. The zero-order valence-corrected chi connectivity index (χ0v) is 12.1. The molecule has 1 unspecified atom stereocenters. The van der Waals surface area contributed by atoms with Crippen LogP contribution in [0.25, 0.3) is 0 Å². The topological polar surface area (TPSA) is 98.2 Å². The summed E-state index contributed by atoms with van der Waals surface area (Å²) in [5.74, 6) is -1.82. The Bertz CT molecular complexity index is 550. The summed E-state index contributed by atoms with van der Waals surface area (Å²) in [6, 6.07) is 1.62. The van der Waals surface area contributed by atoms with Crippen LogP contribution < -0.4 is 16.8 Å². The highest BCUT2D eigenvalue weighted by molar-refractivity contribution is 5.98. The van der Waals surface area contributed by atoms with Crippen molar-refractivity contribution in [2.75, 3.05) is 5.32 Å². The standard InChI is InChI=1S/C14H20FN3O2/c1-7-9(15)5-8(12(17)19)6-10(7)18-13(20)11(16)14(2,3)4/h5-6,11H,16H2,1-4H3,(H2,17,19)(H,18,20). The minimum Gasteiger partial charge on any atom is -0.366 e. The number of benzene rings is 1. The predicted molar refractivity (Wildman–Crippen MR) is 75.7 cm³/mol. The Kier molecular flexibility index (Phi) is 4.50. The van der Waals surface area contributed by atoms with Gasteiger partial charge in [0.05, 0.1) is 6.04 Å². The van der Waals surface area contributed by atoms with Crippen molar-refractivity contribution in [1.82, 2.24) is 0 Å². The Balaban J connectivity index is 3.09.